The molecule has 2 rings (SSSR count). The number of nitrogens with zero attached hydrogens (tertiary/aromatic N) is 2. The smallest absolute Gasteiger partial charge is 0.221 e. The van der Waals surface area contributed by atoms with E-state index in [9.17, 15) is 4.79 Å². The molecule has 1 unspecified atom stereocenters. The predicted molar refractivity (Wildman–Crippen MR) is 85.4 cm³/mol. The maximum atomic E-state index is 11.7. The Morgan fingerprint density at radius 1 is 1.50 bits per heavy atom. The van der Waals surface area contributed by atoms with Gasteiger partial charge < -0.3 is 5.32 Å². The summed E-state index contributed by atoms with van der Waals surface area (Å²) < 4.78 is 0. The van der Waals surface area contributed by atoms with E-state index in [-0.39, 0.29) is 11.9 Å². The number of thiophene rings is 1. The summed E-state index contributed by atoms with van der Waals surface area (Å²) in [6.45, 7) is 6.16. The zero-order valence-corrected chi connectivity index (χ0v) is 13.6. The van der Waals surface area contributed by atoms with Crippen molar-refractivity contribution >= 4 is 39.2 Å². The van der Waals surface area contributed by atoms with Crippen LogP contribution in [0.5, 0.6) is 0 Å². The molecule has 20 heavy (non-hydrogen) atoms. The van der Waals surface area contributed by atoms with Crippen molar-refractivity contribution in [2.75, 3.05) is 5.75 Å². The van der Waals surface area contributed by atoms with E-state index in [1.54, 1.807) is 29.4 Å². The summed E-state index contributed by atoms with van der Waals surface area (Å²) in [6.07, 6.45) is 3.07. The highest BCUT2D eigenvalue weighted by Gasteiger charge is 2.09. The Bertz CT molecular complexity index is 597. The minimum absolute atomic E-state index is 0.110. The molecular weight excluding hydrogens is 290 g/mol. The van der Waals surface area contributed by atoms with E-state index in [1.165, 1.54) is 4.88 Å². The Hall–Kier alpha value is -1.14. The van der Waals surface area contributed by atoms with Gasteiger partial charge in [-0.05, 0) is 26.3 Å². The number of hydrogen-bond donors (Lipinski definition) is 1. The van der Waals surface area contributed by atoms with Gasteiger partial charge in [-0.25, -0.2) is 9.97 Å². The molecule has 4 nitrogen and oxygen atoms in total. The molecule has 0 radical (unpaired) electrons. The van der Waals surface area contributed by atoms with E-state index in [0.717, 1.165) is 27.4 Å². The monoisotopic (exact) mass is 309 g/mol. The summed E-state index contributed by atoms with van der Waals surface area (Å²) in [4.78, 5) is 22.6. The largest absolute Gasteiger partial charge is 0.354 e. The zero-order chi connectivity index (χ0) is 14.5. The second kappa shape index (κ2) is 7.04. The summed E-state index contributed by atoms with van der Waals surface area (Å²) in [5.74, 6) is 0.849. The molecule has 0 bridgehead atoms. The molecule has 0 aromatic carbocycles. The summed E-state index contributed by atoms with van der Waals surface area (Å²) >= 11 is 3.29. The number of carbonyl (C=O) groups excluding carboxylic acids is 1. The minimum atomic E-state index is 0.110. The lowest BCUT2D eigenvalue weighted by Crippen LogP contribution is -2.32. The van der Waals surface area contributed by atoms with E-state index in [0.29, 0.717) is 6.42 Å². The van der Waals surface area contributed by atoms with Crippen LogP contribution in [0.2, 0.25) is 0 Å². The Kier molecular flexibility index (Phi) is 5.37. The molecule has 1 amide bonds. The van der Waals surface area contributed by atoms with Crippen LogP contribution in [-0.4, -0.2) is 27.7 Å². The molecule has 1 atom stereocenters. The van der Waals surface area contributed by atoms with Gasteiger partial charge >= 0.3 is 0 Å². The van der Waals surface area contributed by atoms with Crippen molar-refractivity contribution in [2.45, 2.75) is 44.7 Å². The zero-order valence-electron chi connectivity index (χ0n) is 12.0. The summed E-state index contributed by atoms with van der Waals surface area (Å²) in [5.41, 5.74) is 0. The van der Waals surface area contributed by atoms with E-state index in [2.05, 4.69) is 35.2 Å². The molecule has 2 aromatic heterocycles. The summed E-state index contributed by atoms with van der Waals surface area (Å²) in [6, 6.07) is 2.36. The maximum Gasteiger partial charge on any atom is 0.221 e. The van der Waals surface area contributed by atoms with Crippen molar-refractivity contribution in [3.05, 3.63) is 17.3 Å². The second-order valence-electron chi connectivity index (χ2n) is 4.73. The molecule has 0 fully saturated rings. The standard InChI is InChI=1S/C14H19N3OS2/c1-4-9(2)17-12(18)5-6-19-13-11-7-10(3)20-14(11)16-8-15-13/h7-9H,4-6H2,1-3H3,(H,17,18). The third-order valence-corrected chi connectivity index (χ3v) is 4.97. The fourth-order valence-corrected chi connectivity index (χ4v) is 3.58. The van der Waals surface area contributed by atoms with Gasteiger partial charge in [0, 0.05) is 28.5 Å². The van der Waals surface area contributed by atoms with Gasteiger partial charge in [-0.3, -0.25) is 4.79 Å². The lowest BCUT2D eigenvalue weighted by molar-refractivity contribution is -0.121. The molecule has 0 aliphatic carbocycles. The van der Waals surface area contributed by atoms with Crippen molar-refractivity contribution in [1.29, 1.82) is 0 Å². The minimum Gasteiger partial charge on any atom is -0.354 e. The number of nitrogens with one attached hydrogen (secondary N) is 1. The van der Waals surface area contributed by atoms with Gasteiger partial charge in [0.15, 0.2) is 0 Å². The Balaban J connectivity index is 1.91. The quantitative estimate of drug-likeness (QED) is 0.656. The fraction of sp³-hybridized carbons (Fsp3) is 0.500. The van der Waals surface area contributed by atoms with Crippen LogP contribution >= 0.6 is 23.1 Å². The highest BCUT2D eigenvalue weighted by molar-refractivity contribution is 7.99. The van der Waals surface area contributed by atoms with Crippen molar-refractivity contribution in [3.63, 3.8) is 0 Å². The SMILES string of the molecule is CCC(C)NC(=O)CCSc1ncnc2sc(C)cc12. The van der Waals surface area contributed by atoms with Crippen LogP contribution in [0.15, 0.2) is 17.4 Å². The van der Waals surface area contributed by atoms with Crippen LogP contribution in [0.1, 0.15) is 31.6 Å². The van der Waals surface area contributed by atoms with E-state index < -0.39 is 0 Å². The number of amides is 1. The lowest BCUT2D eigenvalue weighted by Gasteiger charge is -2.10. The van der Waals surface area contributed by atoms with Gasteiger partial charge in [0.1, 0.15) is 16.2 Å². The number of carbonyl (C=O) groups is 1. The van der Waals surface area contributed by atoms with E-state index >= 15 is 0 Å². The van der Waals surface area contributed by atoms with Crippen molar-refractivity contribution in [1.82, 2.24) is 15.3 Å². The highest BCUT2D eigenvalue weighted by Crippen LogP contribution is 2.30. The molecule has 108 valence electrons. The van der Waals surface area contributed by atoms with Crippen LogP contribution < -0.4 is 5.32 Å². The average Bonchev–Trinajstić information content (AvgIpc) is 2.79. The van der Waals surface area contributed by atoms with Crippen molar-refractivity contribution in [2.24, 2.45) is 0 Å². The molecular formula is C14H19N3OS2. The number of aryl methyl sites for hydroxylation is 1. The lowest BCUT2D eigenvalue weighted by atomic mass is 10.2. The first-order chi connectivity index (χ1) is 9.60. The normalized spacial score (nSPS) is 12.6. The van der Waals surface area contributed by atoms with Gasteiger partial charge in [-0.2, -0.15) is 0 Å². The molecule has 1 N–H and O–H groups in total. The van der Waals surface area contributed by atoms with Crippen LogP contribution in [0.3, 0.4) is 0 Å². The number of aromatic nitrogens is 2. The molecule has 0 aliphatic heterocycles. The third kappa shape index (κ3) is 3.93. The second-order valence-corrected chi connectivity index (χ2v) is 7.05. The predicted octanol–water partition coefficient (Wildman–Crippen LogP) is 3.40. The summed E-state index contributed by atoms with van der Waals surface area (Å²) in [5, 5.41) is 5.04. The Labute approximate surface area is 127 Å². The van der Waals surface area contributed by atoms with Crippen molar-refractivity contribution < 1.29 is 4.79 Å². The highest BCUT2D eigenvalue weighted by atomic mass is 32.2. The molecule has 6 heteroatoms. The molecule has 0 spiro atoms. The van der Waals surface area contributed by atoms with Crippen LogP contribution in [-0.2, 0) is 4.79 Å². The fourth-order valence-electron chi connectivity index (χ4n) is 1.76. The topological polar surface area (TPSA) is 54.9 Å². The molecule has 2 heterocycles. The first-order valence-electron chi connectivity index (χ1n) is 6.73. The maximum absolute atomic E-state index is 11.7. The number of rotatable bonds is 6. The number of thioether (sulfide) groups is 1. The average molecular weight is 309 g/mol. The molecule has 0 aliphatic rings. The van der Waals surface area contributed by atoms with Crippen LogP contribution in [0.25, 0.3) is 10.2 Å². The number of hydrogen-bond acceptors (Lipinski definition) is 5. The van der Waals surface area contributed by atoms with Gasteiger partial charge in [-0.15, -0.1) is 23.1 Å². The van der Waals surface area contributed by atoms with Crippen LogP contribution in [0.4, 0.5) is 0 Å². The third-order valence-electron chi connectivity index (χ3n) is 3.00. The van der Waals surface area contributed by atoms with Gasteiger partial charge in [-0.1, -0.05) is 6.92 Å². The van der Waals surface area contributed by atoms with Gasteiger partial charge in [0.2, 0.25) is 5.91 Å². The van der Waals surface area contributed by atoms with E-state index in [4.69, 9.17) is 0 Å². The Morgan fingerprint density at radius 2 is 2.30 bits per heavy atom. The number of fused-ring (bicyclic) bond motifs is 1. The Morgan fingerprint density at radius 3 is 3.05 bits per heavy atom. The molecule has 0 saturated heterocycles. The van der Waals surface area contributed by atoms with Crippen LogP contribution in [0, 0.1) is 6.92 Å². The first kappa shape index (κ1) is 15.3. The molecule has 0 saturated carbocycles. The first-order valence-corrected chi connectivity index (χ1v) is 8.53. The van der Waals surface area contributed by atoms with Crippen molar-refractivity contribution in [3.8, 4) is 0 Å². The van der Waals surface area contributed by atoms with Gasteiger partial charge in [0.05, 0.1) is 0 Å². The van der Waals surface area contributed by atoms with E-state index in [1.807, 2.05) is 6.92 Å². The van der Waals surface area contributed by atoms with Gasteiger partial charge in [0.25, 0.3) is 0 Å². The molecule has 2 aromatic rings. The summed E-state index contributed by atoms with van der Waals surface area (Å²) in [7, 11) is 0.